The Kier molecular flexibility index (Phi) is 17.9. The zero-order chi connectivity index (χ0) is 46.3. The summed E-state index contributed by atoms with van der Waals surface area (Å²) < 4.78 is 93.4. The number of nitrogens with one attached hydrogen (secondary N) is 4. The SMILES string of the molecule is COc1ccc(Nc2nc(Nc3ccc(C=Cc4ccc(Nc5nc(Nc6ccc(OC)cc6)nc(N6CCOCC6)n5)cc4S(=O)(=O)O)c(S(=O)(=O)O)c3)nc(N3CCOCC3)n2)cc1.[H-].[H-].[Na+].[Na+]. The van der Waals surface area contributed by atoms with Gasteiger partial charge in [-0.3, -0.25) is 9.11 Å². The molecule has 0 spiro atoms. The van der Waals surface area contributed by atoms with Gasteiger partial charge in [0.1, 0.15) is 21.3 Å². The van der Waals surface area contributed by atoms with Crippen molar-refractivity contribution < 1.29 is 107 Å². The molecular weight excluding hydrogens is 943 g/mol. The van der Waals surface area contributed by atoms with Crippen LogP contribution in [0.4, 0.5) is 58.4 Å². The van der Waals surface area contributed by atoms with Crippen LogP contribution < -0.4 is 99.7 Å². The summed E-state index contributed by atoms with van der Waals surface area (Å²) in [6.07, 6.45) is 2.58. The monoisotopic (exact) mass is 988 g/mol. The fourth-order valence-corrected chi connectivity index (χ4v) is 8.17. The van der Waals surface area contributed by atoms with Crippen LogP contribution in [-0.2, 0) is 29.7 Å². The van der Waals surface area contributed by atoms with E-state index in [2.05, 4.69) is 51.2 Å². The molecule has 6 aromatic rings. The van der Waals surface area contributed by atoms with Gasteiger partial charge < -0.3 is 52.9 Å². The summed E-state index contributed by atoms with van der Waals surface area (Å²) in [7, 11) is -6.58. The Hall–Kier alpha value is -5.22. The number of nitrogens with zero attached hydrogens (tertiary/aromatic N) is 8. The van der Waals surface area contributed by atoms with Crippen LogP contribution in [0.5, 0.6) is 11.5 Å². The number of anilines is 10. The standard InChI is InChI=1S/C42H44N12O10S2.2Na.2H/c1-61-33-13-9-29(10-14-33)43-37-47-39(51-41(49-37)53-17-21-63-22-18-53)45-31-7-5-27(35(25-31)65(55,56)57)3-4-28-6-8-32(26-36(28)66(58,59)60)46-40-48-38(44-30-11-15-34(62-2)16-12-30)50-42(52-40)54-19-23-64-24-20-54;;;;/h3-16,25-26H,17-24H2,1-2H3,(H,55,56,57)(H,58,59,60)(H2,43,45,47,49,51)(H2,44,46,48,50,52);;;;/q;2*+1;2*-1. The van der Waals surface area contributed by atoms with E-state index < -0.39 is 30.0 Å². The number of rotatable bonds is 16. The predicted octanol–water partition coefficient (Wildman–Crippen LogP) is -0.382. The topological polar surface area (TPSA) is 278 Å². The normalized spacial score (nSPS) is 14.1. The van der Waals surface area contributed by atoms with E-state index in [1.165, 1.54) is 48.6 Å². The summed E-state index contributed by atoms with van der Waals surface area (Å²) in [4.78, 5) is 30.1. The summed E-state index contributed by atoms with van der Waals surface area (Å²) in [5, 5.41) is 12.3. The molecule has 0 bridgehead atoms. The number of morpholine rings is 2. The third-order valence-corrected chi connectivity index (χ3v) is 11.9. The van der Waals surface area contributed by atoms with E-state index in [0.29, 0.717) is 87.4 Å². The van der Waals surface area contributed by atoms with Crippen molar-refractivity contribution in [3.63, 3.8) is 0 Å². The van der Waals surface area contributed by atoms with E-state index in [1.807, 2.05) is 9.80 Å². The number of hydrogen-bond acceptors (Lipinski definition) is 20. The van der Waals surface area contributed by atoms with Crippen LogP contribution in [0.3, 0.4) is 0 Å². The maximum absolute atomic E-state index is 12.8. The molecule has 0 radical (unpaired) electrons. The molecule has 0 saturated carbocycles. The molecule has 6 N–H and O–H groups in total. The second-order valence-electron chi connectivity index (χ2n) is 14.5. The number of methoxy groups -OCH3 is 2. The smallest absolute Gasteiger partial charge is 1.00 e. The van der Waals surface area contributed by atoms with Gasteiger partial charge in [-0.2, -0.15) is 46.7 Å². The van der Waals surface area contributed by atoms with E-state index in [0.717, 1.165) is 0 Å². The van der Waals surface area contributed by atoms with E-state index in [1.54, 1.807) is 62.8 Å². The van der Waals surface area contributed by atoms with Gasteiger partial charge in [0.25, 0.3) is 20.2 Å². The second kappa shape index (κ2) is 23.4. The van der Waals surface area contributed by atoms with Crippen LogP contribution >= 0.6 is 0 Å². The fraction of sp³-hybridized carbons (Fsp3) is 0.238. The largest absolute Gasteiger partial charge is 1.00 e. The van der Waals surface area contributed by atoms with Crippen molar-refractivity contribution in [3.8, 4) is 11.5 Å². The van der Waals surface area contributed by atoms with E-state index in [-0.39, 0.29) is 108 Å². The van der Waals surface area contributed by atoms with Gasteiger partial charge in [0.15, 0.2) is 0 Å². The fourth-order valence-electron chi connectivity index (χ4n) is 6.75. The third-order valence-electron chi connectivity index (χ3n) is 10.1. The Morgan fingerprint density at radius 1 is 0.515 bits per heavy atom. The quantitative estimate of drug-likeness (QED) is 0.0410. The molecule has 0 atom stereocenters. The van der Waals surface area contributed by atoms with Crippen molar-refractivity contribution in [1.29, 1.82) is 0 Å². The number of hydrogen-bond donors (Lipinski definition) is 6. The van der Waals surface area contributed by atoms with Gasteiger partial charge >= 0.3 is 59.1 Å². The Labute approximate surface area is 439 Å². The van der Waals surface area contributed by atoms with Crippen LogP contribution in [0.15, 0.2) is 94.7 Å². The van der Waals surface area contributed by atoms with Gasteiger partial charge in [0.05, 0.1) is 40.6 Å². The van der Waals surface area contributed by atoms with Crippen molar-refractivity contribution in [2.45, 2.75) is 9.79 Å². The zero-order valence-electron chi connectivity index (χ0n) is 39.4. The summed E-state index contributed by atoms with van der Waals surface area (Å²) in [6, 6.07) is 22.5. The molecular formula is C42H46N12Na2O10S2. The van der Waals surface area contributed by atoms with E-state index in [4.69, 9.17) is 18.9 Å². The zero-order valence-corrected chi connectivity index (χ0v) is 43.1. The summed E-state index contributed by atoms with van der Waals surface area (Å²) in [5.74, 6) is 2.54. The van der Waals surface area contributed by atoms with Crippen LogP contribution in [0.1, 0.15) is 14.0 Å². The average Bonchev–Trinajstić information content (AvgIpc) is 3.31. The molecule has 26 heteroatoms. The number of aromatic nitrogens is 6. The molecule has 4 heterocycles. The van der Waals surface area contributed by atoms with E-state index >= 15 is 0 Å². The van der Waals surface area contributed by atoms with E-state index in [9.17, 15) is 25.9 Å². The van der Waals surface area contributed by atoms with Crippen molar-refractivity contribution in [3.05, 3.63) is 96.1 Å². The first kappa shape index (κ1) is 52.2. The second-order valence-corrected chi connectivity index (χ2v) is 17.3. The molecule has 0 aliphatic carbocycles. The maximum atomic E-state index is 12.8. The van der Waals surface area contributed by atoms with Crippen LogP contribution in [0, 0.1) is 0 Å². The van der Waals surface area contributed by atoms with Gasteiger partial charge in [0.2, 0.25) is 35.7 Å². The summed E-state index contributed by atoms with van der Waals surface area (Å²) >= 11 is 0. The first-order valence-electron chi connectivity index (χ1n) is 20.2. The first-order chi connectivity index (χ1) is 31.8. The maximum Gasteiger partial charge on any atom is 1.00 e. The number of benzene rings is 4. The first-order valence-corrected chi connectivity index (χ1v) is 23.1. The average molecular weight is 989 g/mol. The van der Waals surface area contributed by atoms with Crippen molar-refractivity contribution >= 4 is 90.8 Å². The van der Waals surface area contributed by atoms with Gasteiger partial charge in [-0.15, -0.1) is 0 Å². The summed E-state index contributed by atoms with van der Waals surface area (Å²) in [5.41, 5.74) is 1.72. The minimum absolute atomic E-state index is 0. The Bertz CT molecular complexity index is 2760. The van der Waals surface area contributed by atoms with Crippen LogP contribution in [0.2, 0.25) is 0 Å². The van der Waals surface area contributed by atoms with Gasteiger partial charge in [-0.05, 0) is 83.9 Å². The van der Waals surface area contributed by atoms with Gasteiger partial charge in [0, 0.05) is 48.9 Å². The molecule has 2 aromatic heterocycles. The number of ether oxygens (including phenoxy) is 4. The molecule has 2 aliphatic heterocycles. The Balaban J connectivity index is 0.00000266. The molecule has 8 rings (SSSR count). The minimum Gasteiger partial charge on any atom is -1.00 e. The Morgan fingerprint density at radius 3 is 1.13 bits per heavy atom. The third kappa shape index (κ3) is 13.7. The molecule has 348 valence electrons. The van der Waals surface area contributed by atoms with Crippen molar-refractivity contribution in [2.24, 2.45) is 0 Å². The van der Waals surface area contributed by atoms with Gasteiger partial charge in [-0.25, -0.2) is 0 Å². The van der Waals surface area contributed by atoms with Crippen molar-refractivity contribution in [2.75, 3.05) is 97.9 Å². The van der Waals surface area contributed by atoms with Crippen LogP contribution in [0.25, 0.3) is 12.2 Å². The molecule has 68 heavy (non-hydrogen) atoms. The predicted molar refractivity (Wildman–Crippen MR) is 249 cm³/mol. The van der Waals surface area contributed by atoms with Gasteiger partial charge in [-0.1, -0.05) is 24.3 Å². The summed E-state index contributed by atoms with van der Waals surface area (Å²) in [6.45, 7) is 3.98. The molecule has 0 unspecified atom stereocenters. The Morgan fingerprint density at radius 2 is 0.824 bits per heavy atom. The molecule has 2 saturated heterocycles. The minimum atomic E-state index is -4.86. The molecule has 4 aromatic carbocycles. The van der Waals surface area contributed by atoms with Crippen LogP contribution in [-0.4, -0.2) is 123 Å². The molecule has 2 fully saturated rings. The van der Waals surface area contributed by atoms with Crippen molar-refractivity contribution in [1.82, 2.24) is 29.9 Å². The molecule has 22 nitrogen and oxygen atoms in total. The molecule has 2 aliphatic rings. The molecule has 0 amide bonds.